The predicted octanol–water partition coefficient (Wildman–Crippen LogP) is 2.21. The van der Waals surface area contributed by atoms with E-state index in [2.05, 4.69) is 46.0 Å². The van der Waals surface area contributed by atoms with Gasteiger partial charge >= 0.3 is 0 Å². The van der Waals surface area contributed by atoms with Crippen molar-refractivity contribution in [2.45, 2.75) is 26.2 Å². The van der Waals surface area contributed by atoms with E-state index in [0.29, 0.717) is 11.6 Å². The number of H-pyrrole nitrogens is 1. The van der Waals surface area contributed by atoms with Crippen molar-refractivity contribution in [2.75, 3.05) is 12.4 Å². The number of aromatic amines is 1. The Balaban J connectivity index is 2.54. The molecule has 0 radical (unpaired) electrons. The average molecular weight is 231 g/mol. The second-order valence-corrected chi connectivity index (χ2v) is 4.90. The first-order chi connectivity index (χ1) is 8.00. The van der Waals surface area contributed by atoms with E-state index in [0.717, 1.165) is 11.5 Å². The number of rotatable bonds is 2. The van der Waals surface area contributed by atoms with Crippen molar-refractivity contribution in [1.29, 1.82) is 0 Å². The van der Waals surface area contributed by atoms with Gasteiger partial charge < -0.3 is 10.3 Å². The van der Waals surface area contributed by atoms with E-state index < -0.39 is 0 Å². The normalized spacial score (nSPS) is 11.5. The quantitative estimate of drug-likeness (QED) is 0.831. The molecule has 0 fully saturated rings. The fourth-order valence-corrected chi connectivity index (χ4v) is 1.45. The van der Waals surface area contributed by atoms with Crippen LogP contribution in [0.25, 0.3) is 11.6 Å². The maximum absolute atomic E-state index is 4.55. The van der Waals surface area contributed by atoms with Crippen molar-refractivity contribution in [3.8, 4) is 11.6 Å². The summed E-state index contributed by atoms with van der Waals surface area (Å²) in [6.07, 6.45) is 3.46. The molecule has 5 nitrogen and oxygen atoms in total. The summed E-state index contributed by atoms with van der Waals surface area (Å²) in [5.74, 6) is 2.11. The summed E-state index contributed by atoms with van der Waals surface area (Å²) in [6, 6.07) is 1.96. The average Bonchev–Trinajstić information content (AvgIpc) is 2.80. The number of hydrogen-bond acceptors (Lipinski definition) is 4. The van der Waals surface area contributed by atoms with Crippen LogP contribution in [0.4, 0.5) is 5.82 Å². The summed E-state index contributed by atoms with van der Waals surface area (Å²) in [5.41, 5.74) is 0.971. The minimum atomic E-state index is -0.0180. The molecule has 0 aliphatic rings. The Morgan fingerprint density at radius 3 is 2.53 bits per heavy atom. The minimum Gasteiger partial charge on any atom is -0.373 e. The van der Waals surface area contributed by atoms with Gasteiger partial charge in [-0.3, -0.25) is 0 Å². The molecule has 0 unspecified atom stereocenters. The van der Waals surface area contributed by atoms with Crippen LogP contribution >= 0.6 is 0 Å². The highest BCUT2D eigenvalue weighted by atomic mass is 15.1. The molecule has 2 aromatic rings. The highest BCUT2D eigenvalue weighted by Crippen LogP contribution is 2.24. The van der Waals surface area contributed by atoms with Crippen LogP contribution in [0.15, 0.2) is 18.5 Å². The van der Waals surface area contributed by atoms with Gasteiger partial charge in [0.25, 0.3) is 0 Å². The third-order valence-electron chi connectivity index (χ3n) is 2.46. The summed E-state index contributed by atoms with van der Waals surface area (Å²) in [6.45, 7) is 6.38. The Kier molecular flexibility index (Phi) is 2.83. The fourth-order valence-electron chi connectivity index (χ4n) is 1.45. The Morgan fingerprint density at radius 2 is 2.00 bits per heavy atom. The summed E-state index contributed by atoms with van der Waals surface area (Å²) in [5, 5.41) is 3.05. The van der Waals surface area contributed by atoms with Gasteiger partial charge in [-0.2, -0.15) is 0 Å². The smallest absolute Gasteiger partial charge is 0.197 e. The number of nitrogens with one attached hydrogen (secondary N) is 2. The van der Waals surface area contributed by atoms with E-state index in [1.54, 1.807) is 12.4 Å². The van der Waals surface area contributed by atoms with Crippen molar-refractivity contribution in [3.63, 3.8) is 0 Å². The van der Waals surface area contributed by atoms with Crippen LogP contribution < -0.4 is 5.32 Å². The molecule has 0 aliphatic heterocycles. The van der Waals surface area contributed by atoms with Crippen LogP contribution in [0.5, 0.6) is 0 Å². The molecule has 0 atom stereocenters. The maximum Gasteiger partial charge on any atom is 0.197 e. The topological polar surface area (TPSA) is 66.5 Å². The first-order valence-electron chi connectivity index (χ1n) is 5.58. The summed E-state index contributed by atoms with van der Waals surface area (Å²) in [7, 11) is 1.85. The molecule has 2 aromatic heterocycles. The Labute approximate surface area is 101 Å². The molecule has 2 heterocycles. The lowest BCUT2D eigenvalue weighted by molar-refractivity contribution is 0.568. The maximum atomic E-state index is 4.55. The monoisotopic (exact) mass is 231 g/mol. The van der Waals surface area contributed by atoms with Crippen LogP contribution in [0.2, 0.25) is 0 Å². The molecule has 17 heavy (non-hydrogen) atoms. The van der Waals surface area contributed by atoms with E-state index in [-0.39, 0.29) is 5.41 Å². The van der Waals surface area contributed by atoms with Gasteiger partial charge in [0, 0.05) is 30.9 Å². The Morgan fingerprint density at radius 1 is 1.24 bits per heavy atom. The van der Waals surface area contributed by atoms with Gasteiger partial charge in [0.1, 0.15) is 5.82 Å². The molecule has 0 aliphatic carbocycles. The lowest BCUT2D eigenvalue weighted by atomic mass is 9.92. The van der Waals surface area contributed by atoms with Crippen LogP contribution in [0, 0.1) is 0 Å². The van der Waals surface area contributed by atoms with Crippen molar-refractivity contribution in [1.82, 2.24) is 19.9 Å². The highest BCUT2D eigenvalue weighted by Gasteiger charge is 2.18. The van der Waals surface area contributed by atoms with Gasteiger partial charge in [-0.15, -0.1) is 0 Å². The molecule has 0 saturated carbocycles. The first kappa shape index (κ1) is 11.6. The Hall–Kier alpha value is -1.91. The van der Waals surface area contributed by atoms with Crippen molar-refractivity contribution >= 4 is 5.82 Å². The van der Waals surface area contributed by atoms with E-state index in [1.807, 2.05) is 13.1 Å². The number of nitrogens with zero attached hydrogens (tertiary/aromatic N) is 3. The van der Waals surface area contributed by atoms with Crippen LogP contribution in [0.1, 0.15) is 26.5 Å². The summed E-state index contributed by atoms with van der Waals surface area (Å²) >= 11 is 0. The third kappa shape index (κ3) is 2.43. The molecule has 5 heteroatoms. The fraction of sp³-hybridized carbons (Fsp3) is 0.417. The van der Waals surface area contributed by atoms with Crippen molar-refractivity contribution in [2.24, 2.45) is 0 Å². The molecular formula is C12H17N5. The van der Waals surface area contributed by atoms with E-state index in [4.69, 9.17) is 0 Å². The van der Waals surface area contributed by atoms with Gasteiger partial charge in [-0.1, -0.05) is 20.8 Å². The minimum absolute atomic E-state index is 0.0180. The molecule has 2 N–H and O–H groups in total. The SMILES string of the molecule is CNc1cc(C(C)(C)C)nc(-c2ncc[nH]2)n1. The van der Waals surface area contributed by atoms with Crippen LogP contribution in [-0.4, -0.2) is 27.0 Å². The molecule has 90 valence electrons. The predicted molar refractivity (Wildman–Crippen MR) is 67.9 cm³/mol. The van der Waals surface area contributed by atoms with E-state index in [9.17, 15) is 0 Å². The summed E-state index contributed by atoms with van der Waals surface area (Å²) in [4.78, 5) is 16.1. The van der Waals surface area contributed by atoms with Gasteiger partial charge in [0.2, 0.25) is 0 Å². The van der Waals surface area contributed by atoms with Crippen LogP contribution in [-0.2, 0) is 5.41 Å². The van der Waals surface area contributed by atoms with E-state index in [1.165, 1.54) is 0 Å². The highest BCUT2D eigenvalue weighted by molar-refractivity contribution is 5.49. The second kappa shape index (κ2) is 4.16. The van der Waals surface area contributed by atoms with Gasteiger partial charge in [0.05, 0.1) is 5.69 Å². The zero-order chi connectivity index (χ0) is 12.5. The molecule has 0 amide bonds. The lowest BCUT2D eigenvalue weighted by Gasteiger charge is -2.18. The molecule has 0 spiro atoms. The van der Waals surface area contributed by atoms with Crippen molar-refractivity contribution in [3.05, 3.63) is 24.2 Å². The third-order valence-corrected chi connectivity index (χ3v) is 2.46. The second-order valence-electron chi connectivity index (χ2n) is 4.90. The van der Waals surface area contributed by atoms with Crippen molar-refractivity contribution < 1.29 is 0 Å². The Bertz CT molecular complexity index is 496. The zero-order valence-electron chi connectivity index (χ0n) is 10.6. The molecule has 0 aromatic carbocycles. The molecule has 0 bridgehead atoms. The van der Waals surface area contributed by atoms with Gasteiger partial charge in [-0.05, 0) is 0 Å². The first-order valence-corrected chi connectivity index (χ1v) is 5.58. The number of aromatic nitrogens is 4. The van der Waals surface area contributed by atoms with E-state index >= 15 is 0 Å². The molecule has 0 saturated heterocycles. The summed E-state index contributed by atoms with van der Waals surface area (Å²) < 4.78 is 0. The van der Waals surface area contributed by atoms with Crippen LogP contribution in [0.3, 0.4) is 0 Å². The molecular weight excluding hydrogens is 214 g/mol. The number of imidazole rings is 1. The standard InChI is InChI=1S/C12H17N5/c1-12(2,3)8-7-9(13-4)17-11(16-8)10-14-5-6-15-10/h5-7H,1-4H3,(H,14,15)(H,13,16,17). The zero-order valence-corrected chi connectivity index (χ0v) is 10.6. The largest absolute Gasteiger partial charge is 0.373 e. The van der Waals surface area contributed by atoms with Gasteiger partial charge in [0.15, 0.2) is 11.6 Å². The lowest BCUT2D eigenvalue weighted by Crippen LogP contribution is -2.15. The van der Waals surface area contributed by atoms with Gasteiger partial charge in [-0.25, -0.2) is 15.0 Å². The molecule has 2 rings (SSSR count). The number of hydrogen-bond donors (Lipinski definition) is 2. The number of anilines is 1.